The summed E-state index contributed by atoms with van der Waals surface area (Å²) in [6, 6.07) is 0. The van der Waals surface area contributed by atoms with Crippen molar-refractivity contribution >= 4 is 11.6 Å². The zero-order valence-electron chi connectivity index (χ0n) is 5.33. The van der Waals surface area contributed by atoms with Gasteiger partial charge in [-0.3, -0.25) is 0 Å². The summed E-state index contributed by atoms with van der Waals surface area (Å²) in [5.74, 6) is 0.0108. The summed E-state index contributed by atoms with van der Waals surface area (Å²) >= 11 is 5.42. The van der Waals surface area contributed by atoms with Crippen molar-refractivity contribution in [2.75, 3.05) is 0 Å². The van der Waals surface area contributed by atoms with Crippen molar-refractivity contribution in [1.82, 2.24) is 0 Å². The number of halogens is 2. The van der Waals surface area contributed by atoms with Crippen LogP contribution >= 0.6 is 11.6 Å². The van der Waals surface area contributed by atoms with E-state index < -0.39 is 5.13 Å². The number of hydrogen-bond donors (Lipinski definition) is 0. The molecule has 1 rings (SSSR count). The molecule has 2 atom stereocenters. The first-order chi connectivity index (χ1) is 3.40. The molecule has 1 aliphatic carbocycles. The van der Waals surface area contributed by atoms with E-state index in [0.717, 1.165) is 0 Å². The van der Waals surface area contributed by atoms with E-state index in [4.69, 9.17) is 11.6 Å². The lowest BCUT2D eigenvalue weighted by atomic mass is 10.1. The summed E-state index contributed by atoms with van der Waals surface area (Å²) in [4.78, 5) is 0. The smallest absolute Gasteiger partial charge is 0.192 e. The molecule has 0 aromatic rings. The van der Waals surface area contributed by atoms with Crippen molar-refractivity contribution in [2.24, 2.45) is 11.3 Å². The van der Waals surface area contributed by atoms with Gasteiger partial charge in [0, 0.05) is 11.3 Å². The Morgan fingerprint density at radius 2 is 1.62 bits per heavy atom. The summed E-state index contributed by atoms with van der Waals surface area (Å²) in [7, 11) is 0. The van der Waals surface area contributed by atoms with Gasteiger partial charge in [0.05, 0.1) is 0 Å². The second-order valence-corrected chi connectivity index (χ2v) is 3.62. The average Bonchev–Trinajstić information content (AvgIpc) is 1.88. The lowest BCUT2D eigenvalue weighted by Gasteiger charge is -1.97. The van der Waals surface area contributed by atoms with E-state index in [-0.39, 0.29) is 11.3 Å². The summed E-state index contributed by atoms with van der Waals surface area (Å²) in [5.41, 5.74) is -0.297. The molecule has 2 heteroatoms. The second-order valence-electron chi connectivity index (χ2n) is 3.07. The zero-order chi connectivity index (χ0) is 6.58. The fourth-order valence-corrected chi connectivity index (χ4v) is 1.28. The van der Waals surface area contributed by atoms with Crippen molar-refractivity contribution in [3.05, 3.63) is 0 Å². The van der Waals surface area contributed by atoms with E-state index in [1.165, 1.54) is 0 Å². The van der Waals surface area contributed by atoms with E-state index in [1.807, 2.05) is 20.8 Å². The maximum absolute atomic E-state index is 12.7. The highest BCUT2D eigenvalue weighted by Gasteiger charge is 2.69. The molecule has 1 saturated carbocycles. The van der Waals surface area contributed by atoms with Gasteiger partial charge in [-0.1, -0.05) is 32.4 Å². The van der Waals surface area contributed by atoms with Crippen LogP contribution in [0.2, 0.25) is 0 Å². The highest BCUT2D eigenvalue weighted by Crippen LogP contribution is 2.66. The molecule has 8 heavy (non-hydrogen) atoms. The molecule has 0 spiro atoms. The largest absolute Gasteiger partial charge is 0.225 e. The lowest BCUT2D eigenvalue weighted by Crippen LogP contribution is -1.97. The number of rotatable bonds is 0. The highest BCUT2D eigenvalue weighted by molar-refractivity contribution is 6.25. The molecular weight excluding hydrogens is 127 g/mol. The van der Waals surface area contributed by atoms with Crippen LogP contribution in [0.4, 0.5) is 4.39 Å². The number of hydrogen-bond acceptors (Lipinski definition) is 0. The molecule has 0 heterocycles. The molecular formula is C6H10ClF. The first-order valence-corrected chi connectivity index (χ1v) is 3.16. The van der Waals surface area contributed by atoms with Crippen molar-refractivity contribution in [3.63, 3.8) is 0 Å². The van der Waals surface area contributed by atoms with Gasteiger partial charge in [-0.15, -0.1) is 0 Å². The van der Waals surface area contributed by atoms with Gasteiger partial charge in [-0.25, -0.2) is 4.39 Å². The molecule has 1 fully saturated rings. The molecule has 0 N–H and O–H groups in total. The lowest BCUT2D eigenvalue weighted by molar-refractivity contribution is 0.348. The maximum atomic E-state index is 12.7. The van der Waals surface area contributed by atoms with Crippen LogP contribution in [0.15, 0.2) is 0 Å². The monoisotopic (exact) mass is 136 g/mol. The summed E-state index contributed by atoms with van der Waals surface area (Å²) in [6.45, 7) is 5.50. The molecule has 0 amide bonds. The predicted molar refractivity (Wildman–Crippen MR) is 32.6 cm³/mol. The van der Waals surface area contributed by atoms with Crippen LogP contribution in [-0.2, 0) is 0 Å². The van der Waals surface area contributed by atoms with Gasteiger partial charge in [0.2, 0.25) is 0 Å². The van der Waals surface area contributed by atoms with Crippen LogP contribution in [0.3, 0.4) is 0 Å². The minimum Gasteiger partial charge on any atom is -0.225 e. The molecule has 48 valence electrons. The topological polar surface area (TPSA) is 0 Å². The normalized spacial score (nSPS) is 51.4. The standard InChI is InChI=1S/C6H10ClF/c1-4-5(2,3)6(4,7)8/h4H,1-3H3/t4-,6+/m0/s1. The Balaban J connectivity index is 2.72. The summed E-state index contributed by atoms with van der Waals surface area (Å²) in [5, 5.41) is -1.42. The zero-order valence-corrected chi connectivity index (χ0v) is 6.09. The van der Waals surface area contributed by atoms with Gasteiger partial charge < -0.3 is 0 Å². The van der Waals surface area contributed by atoms with Crippen LogP contribution in [0.1, 0.15) is 20.8 Å². The van der Waals surface area contributed by atoms with Gasteiger partial charge in [-0.05, 0) is 0 Å². The summed E-state index contributed by atoms with van der Waals surface area (Å²) < 4.78 is 12.7. The Morgan fingerprint density at radius 1 is 1.50 bits per heavy atom. The first-order valence-electron chi connectivity index (χ1n) is 2.78. The second kappa shape index (κ2) is 1.21. The Kier molecular flexibility index (Phi) is 0.956. The maximum Gasteiger partial charge on any atom is 0.192 e. The Morgan fingerprint density at radius 3 is 1.62 bits per heavy atom. The average molecular weight is 137 g/mol. The van der Waals surface area contributed by atoms with Crippen molar-refractivity contribution in [2.45, 2.75) is 25.9 Å². The van der Waals surface area contributed by atoms with Crippen molar-refractivity contribution < 1.29 is 4.39 Å². The van der Waals surface area contributed by atoms with Crippen LogP contribution < -0.4 is 0 Å². The third kappa shape index (κ3) is 0.459. The summed E-state index contributed by atoms with van der Waals surface area (Å²) in [6.07, 6.45) is 0. The minimum atomic E-state index is -1.42. The highest BCUT2D eigenvalue weighted by atomic mass is 35.5. The molecule has 0 aromatic heterocycles. The fourth-order valence-electron chi connectivity index (χ4n) is 0.898. The van der Waals surface area contributed by atoms with E-state index in [2.05, 4.69) is 0 Å². The third-order valence-electron chi connectivity index (χ3n) is 2.40. The van der Waals surface area contributed by atoms with Crippen molar-refractivity contribution in [3.8, 4) is 0 Å². The van der Waals surface area contributed by atoms with Crippen LogP contribution in [0.25, 0.3) is 0 Å². The molecule has 0 aromatic carbocycles. The number of alkyl halides is 2. The van der Waals surface area contributed by atoms with Gasteiger partial charge in [0.1, 0.15) is 0 Å². The Hall–Kier alpha value is 0.220. The van der Waals surface area contributed by atoms with Gasteiger partial charge >= 0.3 is 0 Å². The molecule has 0 aliphatic heterocycles. The van der Waals surface area contributed by atoms with E-state index in [9.17, 15) is 4.39 Å². The molecule has 0 nitrogen and oxygen atoms in total. The SMILES string of the molecule is C[C@H]1C(C)(C)[C@@]1(F)Cl. The van der Waals surface area contributed by atoms with Gasteiger partial charge in [0.15, 0.2) is 5.13 Å². The van der Waals surface area contributed by atoms with Gasteiger partial charge in [0.25, 0.3) is 0 Å². The molecule has 1 aliphatic rings. The van der Waals surface area contributed by atoms with Gasteiger partial charge in [-0.2, -0.15) is 0 Å². The quantitative estimate of drug-likeness (QED) is 0.449. The Labute approximate surface area is 54.0 Å². The van der Waals surface area contributed by atoms with Crippen LogP contribution in [0.5, 0.6) is 0 Å². The molecule has 0 radical (unpaired) electrons. The van der Waals surface area contributed by atoms with Crippen molar-refractivity contribution in [1.29, 1.82) is 0 Å². The van der Waals surface area contributed by atoms with E-state index in [1.54, 1.807) is 0 Å². The van der Waals surface area contributed by atoms with Crippen LogP contribution in [0, 0.1) is 11.3 Å². The Bertz CT molecular complexity index is 104. The van der Waals surface area contributed by atoms with Crippen LogP contribution in [-0.4, -0.2) is 5.13 Å². The molecule has 0 saturated heterocycles. The van der Waals surface area contributed by atoms with E-state index in [0.29, 0.717) is 0 Å². The van der Waals surface area contributed by atoms with E-state index >= 15 is 0 Å². The fraction of sp³-hybridized carbons (Fsp3) is 1.00. The third-order valence-corrected chi connectivity index (χ3v) is 3.22. The molecule has 0 unspecified atom stereocenters. The predicted octanol–water partition coefficient (Wildman–Crippen LogP) is 2.57. The molecule has 0 bridgehead atoms. The minimum absolute atomic E-state index is 0.0108. The first kappa shape index (κ1) is 6.34.